The maximum absolute atomic E-state index is 12.8. The van der Waals surface area contributed by atoms with Crippen molar-refractivity contribution in [3.05, 3.63) is 59.7 Å². The Morgan fingerprint density at radius 1 is 1.04 bits per heavy atom. The molecule has 148 valence electrons. The number of piperazine rings is 1. The van der Waals surface area contributed by atoms with E-state index in [1.807, 2.05) is 29.2 Å². The van der Waals surface area contributed by atoms with Crippen molar-refractivity contribution in [3.8, 4) is 0 Å². The van der Waals surface area contributed by atoms with Crippen LogP contribution in [0.2, 0.25) is 0 Å². The summed E-state index contributed by atoms with van der Waals surface area (Å²) in [5.41, 5.74) is 1.32. The second kappa shape index (κ2) is 8.18. The number of Topliss-reactive ketones (excluding diaryl/α,β-unsaturated/α-hetero) is 1. The van der Waals surface area contributed by atoms with Gasteiger partial charge in [-0.15, -0.1) is 0 Å². The van der Waals surface area contributed by atoms with Crippen LogP contribution in [0.1, 0.15) is 22.8 Å². The number of carbonyl (C=O) groups is 1. The molecule has 1 aliphatic rings. The molecule has 0 unspecified atom stereocenters. The average Bonchev–Trinajstić information content (AvgIpc) is 2.68. The van der Waals surface area contributed by atoms with Crippen LogP contribution in [-0.2, 0) is 6.18 Å². The molecule has 3 rings (SSSR count). The second-order valence-corrected chi connectivity index (χ2v) is 6.97. The van der Waals surface area contributed by atoms with Crippen LogP contribution in [-0.4, -0.2) is 42.0 Å². The lowest BCUT2D eigenvalue weighted by molar-refractivity contribution is -0.137. The summed E-state index contributed by atoms with van der Waals surface area (Å²) in [4.78, 5) is 15.5. The Morgan fingerprint density at radius 2 is 1.68 bits per heavy atom. The lowest BCUT2D eigenvalue weighted by atomic mass is 10.1. The zero-order chi connectivity index (χ0) is 20.3. The summed E-state index contributed by atoms with van der Waals surface area (Å²) in [6.07, 6.45) is -4.39. The summed E-state index contributed by atoms with van der Waals surface area (Å²) < 4.78 is 38.5. The second-order valence-electron chi connectivity index (χ2n) is 6.59. The summed E-state index contributed by atoms with van der Waals surface area (Å²) in [7, 11) is 0. The number of alkyl halides is 3. The Balaban J connectivity index is 1.57. The van der Waals surface area contributed by atoms with Crippen LogP contribution in [0.4, 0.5) is 24.5 Å². The van der Waals surface area contributed by atoms with Crippen molar-refractivity contribution in [2.45, 2.75) is 13.1 Å². The van der Waals surface area contributed by atoms with Crippen LogP contribution in [0.5, 0.6) is 0 Å². The zero-order valence-electron chi connectivity index (χ0n) is 15.3. The van der Waals surface area contributed by atoms with Gasteiger partial charge in [0.05, 0.1) is 5.56 Å². The lowest BCUT2D eigenvalue weighted by Crippen LogP contribution is -2.50. The molecule has 2 aromatic rings. The van der Waals surface area contributed by atoms with E-state index in [9.17, 15) is 18.0 Å². The lowest BCUT2D eigenvalue weighted by Gasteiger charge is -2.37. The molecule has 2 aromatic carbocycles. The van der Waals surface area contributed by atoms with Crippen LogP contribution in [0.25, 0.3) is 0 Å². The largest absolute Gasteiger partial charge is 0.416 e. The van der Waals surface area contributed by atoms with Gasteiger partial charge >= 0.3 is 6.18 Å². The third-order valence-electron chi connectivity index (χ3n) is 4.65. The number of hydrogen-bond donors (Lipinski definition) is 1. The molecule has 0 radical (unpaired) electrons. The highest BCUT2D eigenvalue weighted by Crippen LogP contribution is 2.30. The molecule has 1 heterocycles. The summed E-state index contributed by atoms with van der Waals surface area (Å²) in [5, 5.41) is 3.31. The molecule has 1 aliphatic heterocycles. The number of anilines is 2. The number of carbonyl (C=O) groups excluding carboxylic acids is 1. The molecular formula is C20H20F3N3OS. The number of nitrogens with zero attached hydrogens (tertiary/aromatic N) is 2. The summed E-state index contributed by atoms with van der Waals surface area (Å²) >= 11 is 5.37. The smallest absolute Gasteiger partial charge is 0.368 e. The van der Waals surface area contributed by atoms with Crippen molar-refractivity contribution >= 4 is 34.5 Å². The minimum Gasteiger partial charge on any atom is -0.368 e. The number of hydrogen-bond acceptors (Lipinski definition) is 3. The predicted octanol–water partition coefficient (Wildman–Crippen LogP) is 4.43. The van der Waals surface area contributed by atoms with E-state index >= 15 is 0 Å². The number of nitrogens with one attached hydrogen (secondary N) is 1. The SMILES string of the molecule is CC(=O)c1ccc(N2CCN(C(=S)Nc3cccc(C(F)(F)F)c3)CC2)cc1. The number of ketones is 1. The van der Waals surface area contributed by atoms with Crippen molar-refractivity contribution < 1.29 is 18.0 Å². The van der Waals surface area contributed by atoms with Gasteiger partial charge in [0.25, 0.3) is 0 Å². The van der Waals surface area contributed by atoms with Crippen LogP contribution >= 0.6 is 12.2 Å². The standard InChI is InChI=1S/C20H20F3N3OS/c1-14(27)15-5-7-18(8-6-15)25-9-11-26(12-10-25)19(28)24-17-4-2-3-16(13-17)20(21,22)23/h2-8,13H,9-12H2,1H3,(H,24,28). The minimum atomic E-state index is -4.39. The Bertz CT molecular complexity index is 860. The van der Waals surface area contributed by atoms with E-state index in [0.717, 1.165) is 30.9 Å². The van der Waals surface area contributed by atoms with Gasteiger partial charge in [-0.1, -0.05) is 6.07 Å². The first-order chi connectivity index (χ1) is 13.2. The molecule has 28 heavy (non-hydrogen) atoms. The molecule has 4 nitrogen and oxygen atoms in total. The number of thiocarbonyl (C=S) groups is 1. The first kappa shape index (κ1) is 20.1. The van der Waals surface area contributed by atoms with Gasteiger partial charge in [-0.3, -0.25) is 4.79 Å². The molecule has 0 spiro atoms. The van der Waals surface area contributed by atoms with Gasteiger partial charge in [-0.2, -0.15) is 13.2 Å². The van der Waals surface area contributed by atoms with Crippen molar-refractivity contribution in [2.24, 2.45) is 0 Å². The van der Waals surface area contributed by atoms with Gasteiger partial charge < -0.3 is 15.1 Å². The highest BCUT2D eigenvalue weighted by molar-refractivity contribution is 7.80. The Hall–Kier alpha value is -2.61. The first-order valence-corrected chi connectivity index (χ1v) is 9.24. The number of halogens is 3. The maximum atomic E-state index is 12.8. The van der Waals surface area contributed by atoms with Gasteiger partial charge in [0.1, 0.15) is 0 Å². The monoisotopic (exact) mass is 407 g/mol. The van der Waals surface area contributed by atoms with Gasteiger partial charge in [-0.25, -0.2) is 0 Å². The molecule has 1 N–H and O–H groups in total. The van der Waals surface area contributed by atoms with Crippen molar-refractivity contribution in [2.75, 3.05) is 36.4 Å². The molecule has 8 heteroatoms. The summed E-state index contributed by atoms with van der Waals surface area (Å²) in [6.45, 7) is 4.29. The van der Waals surface area contributed by atoms with Crippen molar-refractivity contribution in [1.82, 2.24) is 4.90 Å². The molecule has 0 aromatic heterocycles. The third-order valence-corrected chi connectivity index (χ3v) is 5.01. The van der Waals surface area contributed by atoms with Gasteiger partial charge in [0, 0.05) is 43.1 Å². The predicted molar refractivity (Wildman–Crippen MR) is 108 cm³/mol. The van der Waals surface area contributed by atoms with Gasteiger partial charge in [0.15, 0.2) is 10.9 Å². The first-order valence-electron chi connectivity index (χ1n) is 8.83. The maximum Gasteiger partial charge on any atom is 0.416 e. The van der Waals surface area contributed by atoms with Crippen molar-refractivity contribution in [3.63, 3.8) is 0 Å². The normalized spacial score (nSPS) is 14.7. The minimum absolute atomic E-state index is 0.0300. The highest BCUT2D eigenvalue weighted by Gasteiger charge is 2.30. The Labute approximate surface area is 166 Å². The van der Waals surface area contributed by atoms with Crippen molar-refractivity contribution in [1.29, 1.82) is 0 Å². The highest BCUT2D eigenvalue weighted by atomic mass is 32.1. The van der Waals surface area contributed by atoms with Crippen LogP contribution in [0, 0.1) is 0 Å². The molecule has 0 atom stereocenters. The Morgan fingerprint density at radius 3 is 2.25 bits per heavy atom. The van der Waals surface area contributed by atoms with Gasteiger partial charge in [0.2, 0.25) is 0 Å². The van der Waals surface area contributed by atoms with E-state index in [-0.39, 0.29) is 5.78 Å². The fourth-order valence-electron chi connectivity index (χ4n) is 3.05. The fraction of sp³-hybridized carbons (Fsp3) is 0.300. The molecule has 0 bridgehead atoms. The quantitative estimate of drug-likeness (QED) is 0.602. The number of benzene rings is 2. The van der Waals surface area contributed by atoms with E-state index in [2.05, 4.69) is 10.2 Å². The van der Waals surface area contributed by atoms with Crippen LogP contribution in [0.15, 0.2) is 48.5 Å². The molecular weight excluding hydrogens is 387 g/mol. The molecule has 1 fully saturated rings. The van der Waals surface area contributed by atoms with E-state index < -0.39 is 11.7 Å². The Kier molecular flexibility index (Phi) is 5.88. The number of rotatable bonds is 3. The van der Waals surface area contributed by atoms with Gasteiger partial charge in [-0.05, 0) is 61.6 Å². The third kappa shape index (κ3) is 4.81. The summed E-state index contributed by atoms with van der Waals surface area (Å²) in [5.74, 6) is 0.0300. The molecule has 0 saturated carbocycles. The zero-order valence-corrected chi connectivity index (χ0v) is 16.1. The summed E-state index contributed by atoms with van der Waals surface area (Å²) in [6, 6.07) is 12.5. The molecule has 0 aliphatic carbocycles. The average molecular weight is 407 g/mol. The molecule has 1 saturated heterocycles. The van der Waals surface area contributed by atoms with Crippen LogP contribution in [0.3, 0.4) is 0 Å². The van der Waals surface area contributed by atoms with E-state index in [1.54, 1.807) is 6.07 Å². The van der Waals surface area contributed by atoms with E-state index in [0.29, 0.717) is 29.5 Å². The van der Waals surface area contributed by atoms with E-state index in [1.165, 1.54) is 13.0 Å². The topological polar surface area (TPSA) is 35.6 Å². The van der Waals surface area contributed by atoms with E-state index in [4.69, 9.17) is 12.2 Å². The van der Waals surface area contributed by atoms with Crippen LogP contribution < -0.4 is 10.2 Å². The molecule has 0 amide bonds. The fourth-order valence-corrected chi connectivity index (χ4v) is 3.35.